The van der Waals surface area contributed by atoms with Crippen LogP contribution in [0.2, 0.25) is 0 Å². The normalized spacial score (nSPS) is 13.3. The van der Waals surface area contributed by atoms with Gasteiger partial charge >= 0.3 is 5.97 Å². The second-order valence-electron chi connectivity index (χ2n) is 7.36. The Balaban J connectivity index is 0.00000113. The van der Waals surface area contributed by atoms with Crippen molar-refractivity contribution in [3.63, 3.8) is 0 Å². The average Bonchev–Trinajstić information content (AvgIpc) is 3.06. The van der Waals surface area contributed by atoms with Gasteiger partial charge in [0.2, 0.25) is 5.69 Å². The van der Waals surface area contributed by atoms with Gasteiger partial charge in [-0.25, -0.2) is 4.99 Å². The van der Waals surface area contributed by atoms with E-state index < -0.39 is 5.97 Å². The number of allylic oxidation sites excluding steroid dienone is 1. The highest BCUT2D eigenvalue weighted by Crippen LogP contribution is 2.31. The number of para-hydroxylation sites is 1. The fourth-order valence-corrected chi connectivity index (χ4v) is 3.51. The van der Waals surface area contributed by atoms with Gasteiger partial charge in [0, 0.05) is 36.5 Å². The van der Waals surface area contributed by atoms with E-state index in [1.165, 1.54) is 17.0 Å². The summed E-state index contributed by atoms with van der Waals surface area (Å²) in [4.78, 5) is 16.4. The van der Waals surface area contributed by atoms with Gasteiger partial charge in [-0.15, -0.1) is 0 Å². The van der Waals surface area contributed by atoms with E-state index in [0.29, 0.717) is 6.54 Å². The molecular weight excluding hydrogens is 384 g/mol. The van der Waals surface area contributed by atoms with E-state index >= 15 is 0 Å². The third-order valence-corrected chi connectivity index (χ3v) is 5.22. The quantitative estimate of drug-likeness (QED) is 0.644. The molecular formula is C27H39N2O2+. The molecule has 0 saturated heterocycles. The van der Waals surface area contributed by atoms with Crippen molar-refractivity contribution in [2.45, 2.75) is 60.3 Å². The number of fused-ring (bicyclic) bond motifs is 1. The second-order valence-corrected chi connectivity index (χ2v) is 7.36. The van der Waals surface area contributed by atoms with Crippen molar-refractivity contribution in [2.24, 2.45) is 0 Å². The molecule has 1 aliphatic rings. The molecule has 2 aromatic rings. The maximum absolute atomic E-state index is 10.8. The highest BCUT2D eigenvalue weighted by molar-refractivity contribution is 6.04. The van der Waals surface area contributed by atoms with E-state index in [4.69, 9.17) is 5.11 Å². The number of carbonyl (C=O) groups is 1. The number of benzene rings is 2. The molecule has 0 fully saturated rings. The van der Waals surface area contributed by atoms with Crippen LogP contribution in [0.5, 0.6) is 0 Å². The Morgan fingerprint density at radius 2 is 1.61 bits per heavy atom. The lowest BCUT2D eigenvalue weighted by Gasteiger charge is -2.22. The van der Waals surface area contributed by atoms with Crippen LogP contribution < -0.4 is 9.89 Å². The molecule has 0 amide bonds. The number of carboxylic acids is 1. The van der Waals surface area contributed by atoms with Gasteiger partial charge in [0.25, 0.3) is 0 Å². The molecule has 1 heterocycles. The molecule has 0 unspecified atom stereocenters. The number of nitrogens with one attached hydrogen (secondary N) is 1. The summed E-state index contributed by atoms with van der Waals surface area (Å²) >= 11 is 0. The number of carboxylic acid groups (broad SMARTS) is 1. The summed E-state index contributed by atoms with van der Waals surface area (Å²) < 4.78 is 0. The van der Waals surface area contributed by atoms with Crippen LogP contribution in [-0.4, -0.2) is 29.9 Å². The van der Waals surface area contributed by atoms with Crippen molar-refractivity contribution in [1.29, 1.82) is 0 Å². The largest absolute Gasteiger partial charge is 0.481 e. The van der Waals surface area contributed by atoms with Gasteiger partial charge in [-0.2, -0.15) is 0 Å². The molecule has 4 nitrogen and oxygen atoms in total. The molecule has 3 rings (SSSR count). The van der Waals surface area contributed by atoms with Crippen molar-refractivity contribution >= 4 is 29.1 Å². The summed E-state index contributed by atoms with van der Waals surface area (Å²) in [5.74, 6) is -0.766. The Bertz CT molecular complexity index is 880. The van der Waals surface area contributed by atoms with Gasteiger partial charge in [0.1, 0.15) is 0 Å². The van der Waals surface area contributed by atoms with Crippen molar-refractivity contribution in [3.8, 4) is 0 Å². The summed E-state index contributed by atoms with van der Waals surface area (Å²) in [6.07, 6.45) is 4.42. The van der Waals surface area contributed by atoms with Crippen LogP contribution in [0.25, 0.3) is 6.08 Å². The topological polar surface area (TPSA) is 54.5 Å². The van der Waals surface area contributed by atoms with Crippen molar-refractivity contribution in [1.82, 2.24) is 0 Å². The lowest BCUT2D eigenvalue weighted by atomic mass is 9.81. The molecule has 168 valence electrons. The molecule has 31 heavy (non-hydrogen) atoms. The third kappa shape index (κ3) is 6.81. The lowest BCUT2D eigenvalue weighted by molar-refractivity contribution is -0.349. The highest BCUT2D eigenvalue weighted by Gasteiger charge is 2.39. The summed E-state index contributed by atoms with van der Waals surface area (Å²) in [6.45, 7) is 15.8. The van der Waals surface area contributed by atoms with Crippen LogP contribution in [0.1, 0.15) is 66.0 Å². The molecule has 0 saturated carbocycles. The average molecular weight is 424 g/mol. The minimum Gasteiger partial charge on any atom is -0.481 e. The standard InChI is InChI=1S/C23H26N2O2.2C2H6/c1-4-25(16-15-22(26)27)18-12-9-17(10-13-18)11-14-21-23(2,3)19-7-5-6-8-20(19)24-21;2*1-2/h5-14H,4,15-16H2,1-3H3,(H,26,27);2*1-2H3/p+1/b14-11+;;. The number of hydrogen-bond acceptors (Lipinski definition) is 2. The van der Waals surface area contributed by atoms with E-state index in [1.54, 1.807) is 0 Å². The van der Waals surface area contributed by atoms with E-state index in [1.807, 2.05) is 34.6 Å². The second kappa shape index (κ2) is 12.7. The van der Waals surface area contributed by atoms with E-state index in [-0.39, 0.29) is 11.8 Å². The van der Waals surface area contributed by atoms with Crippen LogP contribution in [0.3, 0.4) is 0 Å². The van der Waals surface area contributed by atoms with E-state index in [9.17, 15) is 4.79 Å². The summed E-state index contributed by atoms with van der Waals surface area (Å²) in [6, 6.07) is 16.7. The Morgan fingerprint density at radius 1 is 1.00 bits per heavy atom. The molecule has 0 aliphatic carbocycles. The Hall–Kier alpha value is -2.88. The van der Waals surface area contributed by atoms with Crippen LogP contribution in [0, 0.1) is 0 Å². The summed E-state index contributed by atoms with van der Waals surface area (Å²) in [7, 11) is 0. The molecule has 0 radical (unpaired) electrons. The number of aliphatic carboxylic acids is 1. The molecule has 0 atom stereocenters. The predicted molar refractivity (Wildman–Crippen MR) is 133 cm³/mol. The first-order valence-electron chi connectivity index (χ1n) is 11.4. The number of rotatable bonds is 7. The maximum Gasteiger partial charge on any atom is 0.305 e. The predicted octanol–water partition coefficient (Wildman–Crippen LogP) is 5.20. The van der Waals surface area contributed by atoms with Gasteiger partial charge in [-0.3, -0.25) is 4.79 Å². The van der Waals surface area contributed by atoms with Crippen LogP contribution in [0.4, 0.5) is 11.4 Å². The van der Waals surface area contributed by atoms with Gasteiger partial charge < -0.3 is 10.0 Å². The molecule has 1 aliphatic heterocycles. The Kier molecular flexibility index (Phi) is 10.7. The zero-order valence-electron chi connectivity index (χ0n) is 20.2. The van der Waals surface area contributed by atoms with Crippen LogP contribution >= 0.6 is 0 Å². The molecule has 0 aromatic heterocycles. The molecule has 4 heteroatoms. The molecule has 2 N–H and O–H groups in total. The van der Waals surface area contributed by atoms with E-state index in [0.717, 1.165) is 17.8 Å². The summed E-state index contributed by atoms with van der Waals surface area (Å²) in [5, 5.41) is 8.89. The molecule has 2 aromatic carbocycles. The number of hydrogen-bond donors (Lipinski definition) is 2. The fourth-order valence-electron chi connectivity index (χ4n) is 3.51. The van der Waals surface area contributed by atoms with Crippen molar-refractivity contribution < 1.29 is 14.9 Å². The zero-order chi connectivity index (χ0) is 23.4. The minimum absolute atomic E-state index is 0.0388. The summed E-state index contributed by atoms with van der Waals surface area (Å²) in [5.41, 5.74) is 5.81. The maximum atomic E-state index is 10.8. The van der Waals surface area contributed by atoms with Gasteiger partial charge in [-0.1, -0.05) is 58.0 Å². The van der Waals surface area contributed by atoms with Crippen LogP contribution in [-0.2, 0) is 10.2 Å². The molecule has 0 spiro atoms. The smallest absolute Gasteiger partial charge is 0.305 e. The first-order valence-corrected chi connectivity index (χ1v) is 11.4. The van der Waals surface area contributed by atoms with Gasteiger partial charge in [-0.05, 0) is 44.5 Å². The van der Waals surface area contributed by atoms with E-state index in [2.05, 4.69) is 84.4 Å². The Morgan fingerprint density at radius 3 is 2.16 bits per heavy atom. The number of anilines is 1. The van der Waals surface area contributed by atoms with Crippen molar-refractivity contribution in [2.75, 3.05) is 18.0 Å². The Labute approximate surface area is 188 Å². The van der Waals surface area contributed by atoms with Crippen molar-refractivity contribution in [3.05, 3.63) is 65.7 Å². The van der Waals surface area contributed by atoms with Crippen LogP contribution in [0.15, 0.2) is 54.6 Å². The monoisotopic (exact) mass is 423 g/mol. The lowest BCUT2D eigenvalue weighted by Crippen LogP contribution is -2.65. The highest BCUT2D eigenvalue weighted by atomic mass is 16.4. The fraction of sp³-hybridized carbons (Fsp3) is 0.407. The zero-order valence-corrected chi connectivity index (χ0v) is 20.2. The SMILES string of the molecule is CC.CC.CCN(CCC(=O)O)c1ccc(/C=C/C2=[NH+]c3ccccc3C2(C)C)cc1. The first kappa shape index (κ1) is 26.2. The first-order chi connectivity index (χ1) is 14.9. The van der Waals surface area contributed by atoms with Gasteiger partial charge in [0.15, 0.2) is 5.71 Å². The van der Waals surface area contributed by atoms with Gasteiger partial charge in [0.05, 0.1) is 11.8 Å². The minimum atomic E-state index is -0.766. The molecule has 0 bridgehead atoms. The third-order valence-electron chi connectivity index (χ3n) is 5.22. The number of nitrogens with zero attached hydrogens (tertiary/aromatic N) is 1.